The molecule has 0 bridgehead atoms. The predicted octanol–water partition coefficient (Wildman–Crippen LogP) is 4.29. The number of rotatable bonds is 6. The summed E-state index contributed by atoms with van der Waals surface area (Å²) >= 11 is 0. The van der Waals surface area contributed by atoms with Gasteiger partial charge in [0.15, 0.2) is 0 Å². The van der Waals surface area contributed by atoms with Crippen molar-refractivity contribution in [2.75, 3.05) is 30.4 Å². The van der Waals surface area contributed by atoms with Crippen molar-refractivity contribution in [2.45, 2.75) is 58.1 Å². The second-order valence-electron chi connectivity index (χ2n) is 6.81. The molecule has 2 rings (SSSR count). The van der Waals surface area contributed by atoms with Gasteiger partial charge in [0, 0.05) is 37.6 Å². The Kier molecular flexibility index (Phi) is 5.51. The maximum Gasteiger partial charge on any atom is 0.0642 e. The van der Waals surface area contributed by atoms with Crippen LogP contribution >= 0.6 is 0 Å². The van der Waals surface area contributed by atoms with Crippen LogP contribution in [0, 0.1) is 0 Å². The summed E-state index contributed by atoms with van der Waals surface area (Å²) in [5.41, 5.74) is 2.46. The summed E-state index contributed by atoms with van der Waals surface area (Å²) in [7, 11) is 1.78. The molecule has 1 aromatic rings. The lowest BCUT2D eigenvalue weighted by Gasteiger charge is -2.29. The Morgan fingerprint density at radius 1 is 1.14 bits per heavy atom. The minimum atomic E-state index is -0.0832. The molecule has 0 saturated carbocycles. The molecule has 0 amide bonds. The average Bonchev–Trinajstić information content (AvgIpc) is 2.48. The third kappa shape index (κ3) is 4.92. The Morgan fingerprint density at radius 3 is 2.33 bits per heavy atom. The molecule has 1 aromatic carbocycles. The van der Waals surface area contributed by atoms with E-state index >= 15 is 0 Å². The maximum atomic E-state index is 5.50. The van der Waals surface area contributed by atoms with E-state index in [-0.39, 0.29) is 5.60 Å². The van der Waals surface area contributed by atoms with E-state index in [1.807, 2.05) is 0 Å². The van der Waals surface area contributed by atoms with E-state index in [2.05, 4.69) is 55.3 Å². The van der Waals surface area contributed by atoms with Crippen LogP contribution in [0.5, 0.6) is 0 Å². The standard InChI is InChI=1S/C18H30N2O/c1-15(14-18(2,3)21-4)19-16-8-10-17(11-9-16)20-12-6-5-7-13-20/h8-11,15,19H,5-7,12-14H2,1-4H3. The van der Waals surface area contributed by atoms with E-state index in [1.54, 1.807) is 7.11 Å². The molecule has 1 aliphatic heterocycles. The van der Waals surface area contributed by atoms with Gasteiger partial charge in [-0.1, -0.05) is 0 Å². The Hall–Kier alpha value is -1.22. The zero-order valence-corrected chi connectivity index (χ0v) is 14.0. The number of hydrogen-bond donors (Lipinski definition) is 1. The Labute approximate surface area is 129 Å². The lowest BCUT2D eigenvalue weighted by Crippen LogP contribution is -2.31. The molecule has 1 fully saturated rings. The number of anilines is 2. The van der Waals surface area contributed by atoms with Gasteiger partial charge in [0.2, 0.25) is 0 Å². The van der Waals surface area contributed by atoms with E-state index in [9.17, 15) is 0 Å². The Balaban J connectivity index is 1.89. The summed E-state index contributed by atoms with van der Waals surface area (Å²) in [6, 6.07) is 9.25. The number of nitrogens with zero attached hydrogens (tertiary/aromatic N) is 1. The first kappa shape index (κ1) is 16.2. The predicted molar refractivity (Wildman–Crippen MR) is 91.3 cm³/mol. The normalized spacial score (nSPS) is 17.6. The first-order valence-corrected chi connectivity index (χ1v) is 8.17. The van der Waals surface area contributed by atoms with Crippen LogP contribution in [-0.2, 0) is 4.74 Å². The minimum absolute atomic E-state index is 0.0832. The first-order chi connectivity index (χ1) is 10.00. The van der Waals surface area contributed by atoms with Crippen LogP contribution in [0.1, 0.15) is 46.5 Å². The molecule has 1 aliphatic rings. The maximum absolute atomic E-state index is 5.50. The fourth-order valence-electron chi connectivity index (χ4n) is 3.08. The SMILES string of the molecule is COC(C)(C)CC(C)Nc1ccc(N2CCCCC2)cc1. The molecule has 0 radical (unpaired) electrons. The van der Waals surface area contributed by atoms with E-state index in [0.29, 0.717) is 6.04 Å². The van der Waals surface area contributed by atoms with E-state index in [0.717, 1.165) is 6.42 Å². The number of methoxy groups -OCH3 is 1. The topological polar surface area (TPSA) is 24.5 Å². The summed E-state index contributed by atoms with van der Waals surface area (Å²) in [5.74, 6) is 0. The largest absolute Gasteiger partial charge is 0.382 e. The van der Waals surface area contributed by atoms with E-state index in [4.69, 9.17) is 4.74 Å². The molecule has 0 aromatic heterocycles. The minimum Gasteiger partial charge on any atom is -0.382 e. The number of nitrogens with one attached hydrogen (secondary N) is 1. The second-order valence-corrected chi connectivity index (χ2v) is 6.81. The highest BCUT2D eigenvalue weighted by atomic mass is 16.5. The fourth-order valence-corrected chi connectivity index (χ4v) is 3.08. The molecule has 21 heavy (non-hydrogen) atoms. The van der Waals surface area contributed by atoms with Crippen molar-refractivity contribution in [1.29, 1.82) is 0 Å². The Bertz CT molecular complexity index is 421. The van der Waals surface area contributed by atoms with Gasteiger partial charge in [-0.05, 0) is 70.7 Å². The molecule has 1 N–H and O–H groups in total. The summed E-state index contributed by atoms with van der Waals surface area (Å²) in [4.78, 5) is 2.49. The van der Waals surface area contributed by atoms with Crippen molar-refractivity contribution in [3.63, 3.8) is 0 Å². The summed E-state index contributed by atoms with van der Waals surface area (Å²) in [5, 5.41) is 3.56. The number of piperidine rings is 1. The third-order valence-corrected chi connectivity index (χ3v) is 4.35. The van der Waals surface area contributed by atoms with Gasteiger partial charge in [0.1, 0.15) is 0 Å². The van der Waals surface area contributed by atoms with Crippen LogP contribution in [0.15, 0.2) is 24.3 Å². The summed E-state index contributed by atoms with van der Waals surface area (Å²) in [6.07, 6.45) is 5.01. The monoisotopic (exact) mass is 290 g/mol. The van der Waals surface area contributed by atoms with Crippen molar-refractivity contribution in [3.05, 3.63) is 24.3 Å². The molecule has 3 heteroatoms. The van der Waals surface area contributed by atoms with Crippen molar-refractivity contribution in [3.8, 4) is 0 Å². The van der Waals surface area contributed by atoms with Crippen LogP contribution in [0.4, 0.5) is 11.4 Å². The van der Waals surface area contributed by atoms with Crippen LogP contribution < -0.4 is 10.2 Å². The number of ether oxygens (including phenoxy) is 1. The zero-order valence-electron chi connectivity index (χ0n) is 14.0. The molecule has 3 nitrogen and oxygen atoms in total. The van der Waals surface area contributed by atoms with Crippen LogP contribution in [-0.4, -0.2) is 31.8 Å². The zero-order chi connectivity index (χ0) is 15.3. The Morgan fingerprint density at radius 2 is 1.76 bits per heavy atom. The van der Waals surface area contributed by atoms with Gasteiger partial charge in [0.05, 0.1) is 5.60 Å². The highest BCUT2D eigenvalue weighted by Gasteiger charge is 2.20. The van der Waals surface area contributed by atoms with Gasteiger partial charge < -0.3 is 15.0 Å². The lowest BCUT2D eigenvalue weighted by atomic mass is 9.99. The average molecular weight is 290 g/mol. The molecule has 1 unspecified atom stereocenters. The van der Waals surface area contributed by atoms with Crippen molar-refractivity contribution >= 4 is 11.4 Å². The molecule has 1 atom stereocenters. The van der Waals surface area contributed by atoms with Gasteiger partial charge in [-0.2, -0.15) is 0 Å². The van der Waals surface area contributed by atoms with Gasteiger partial charge in [-0.25, -0.2) is 0 Å². The first-order valence-electron chi connectivity index (χ1n) is 8.17. The number of hydrogen-bond acceptors (Lipinski definition) is 3. The molecule has 0 spiro atoms. The summed E-state index contributed by atoms with van der Waals surface area (Å²) < 4.78 is 5.50. The molecule has 1 saturated heterocycles. The van der Waals surface area contributed by atoms with Crippen molar-refractivity contribution < 1.29 is 4.74 Å². The highest BCUT2D eigenvalue weighted by Crippen LogP contribution is 2.23. The molecule has 118 valence electrons. The molecule has 0 aliphatic carbocycles. The van der Waals surface area contributed by atoms with Gasteiger partial charge in [-0.15, -0.1) is 0 Å². The smallest absolute Gasteiger partial charge is 0.0642 e. The third-order valence-electron chi connectivity index (χ3n) is 4.35. The molecule has 1 heterocycles. The van der Waals surface area contributed by atoms with Crippen LogP contribution in [0.25, 0.3) is 0 Å². The fraction of sp³-hybridized carbons (Fsp3) is 0.667. The second kappa shape index (κ2) is 7.17. The van der Waals surface area contributed by atoms with Crippen LogP contribution in [0.3, 0.4) is 0 Å². The quantitative estimate of drug-likeness (QED) is 0.845. The van der Waals surface area contributed by atoms with E-state index in [1.165, 1.54) is 43.7 Å². The molecular formula is C18H30N2O. The van der Waals surface area contributed by atoms with Gasteiger partial charge in [-0.3, -0.25) is 0 Å². The van der Waals surface area contributed by atoms with Crippen LogP contribution in [0.2, 0.25) is 0 Å². The van der Waals surface area contributed by atoms with E-state index < -0.39 is 0 Å². The van der Waals surface area contributed by atoms with Crippen molar-refractivity contribution in [2.24, 2.45) is 0 Å². The molecular weight excluding hydrogens is 260 g/mol. The highest BCUT2D eigenvalue weighted by molar-refractivity contribution is 5.55. The lowest BCUT2D eigenvalue weighted by molar-refractivity contribution is 0.0128. The van der Waals surface area contributed by atoms with Gasteiger partial charge >= 0.3 is 0 Å². The van der Waals surface area contributed by atoms with Gasteiger partial charge in [0.25, 0.3) is 0 Å². The summed E-state index contributed by atoms with van der Waals surface area (Å²) in [6.45, 7) is 8.87. The number of benzene rings is 1. The van der Waals surface area contributed by atoms with Crippen molar-refractivity contribution in [1.82, 2.24) is 0 Å².